The first-order valence-electron chi connectivity index (χ1n) is 12.1. The Bertz CT molecular complexity index is 1220. The molecule has 0 aliphatic heterocycles. The molecule has 34 heavy (non-hydrogen) atoms. The van der Waals surface area contributed by atoms with Crippen molar-refractivity contribution < 1.29 is 14.7 Å². The number of hydrogen-bond acceptors (Lipinski definition) is 6. The van der Waals surface area contributed by atoms with Crippen LogP contribution in [0.1, 0.15) is 69.5 Å². The number of nitrogens with zero attached hydrogens (tertiary/aromatic N) is 3. The Labute approximate surface area is 198 Å². The number of aromatic nitrogens is 4. The summed E-state index contributed by atoms with van der Waals surface area (Å²) in [5, 5.41) is 13.3. The lowest BCUT2D eigenvalue weighted by molar-refractivity contribution is -0.130. The van der Waals surface area contributed by atoms with E-state index in [1.165, 1.54) is 5.56 Å². The Balaban J connectivity index is 1.69. The molecule has 1 aliphatic carbocycles. The fourth-order valence-electron chi connectivity index (χ4n) is 5.06. The Morgan fingerprint density at radius 1 is 1.26 bits per heavy atom. The van der Waals surface area contributed by atoms with Gasteiger partial charge >= 0.3 is 0 Å². The van der Waals surface area contributed by atoms with E-state index in [4.69, 9.17) is 14.9 Å². The average molecular weight is 468 g/mol. The number of nitrogens with one attached hydrogen (secondary N) is 2. The third-order valence-electron chi connectivity index (χ3n) is 6.72. The number of fused-ring (bicyclic) bond motifs is 1. The largest absolute Gasteiger partial charge is 0.493 e. The predicted molar refractivity (Wildman–Crippen MR) is 129 cm³/mol. The topological polar surface area (TPSA) is 122 Å². The maximum atomic E-state index is 13.0. The van der Waals surface area contributed by atoms with Gasteiger partial charge in [-0.1, -0.05) is 19.4 Å². The van der Waals surface area contributed by atoms with Gasteiger partial charge in [0.1, 0.15) is 17.1 Å². The number of aryl methyl sites for hydroxylation is 2. The van der Waals surface area contributed by atoms with E-state index in [9.17, 15) is 9.59 Å². The Hall–Kier alpha value is -3.20. The quantitative estimate of drug-likeness (QED) is 0.342. The first-order chi connectivity index (χ1) is 16.4. The number of carbonyl (C=O) groups is 1. The third kappa shape index (κ3) is 4.84. The van der Waals surface area contributed by atoms with E-state index in [-0.39, 0.29) is 17.4 Å². The molecule has 1 saturated carbocycles. The second-order valence-corrected chi connectivity index (χ2v) is 9.08. The van der Waals surface area contributed by atoms with Gasteiger partial charge in [0.25, 0.3) is 5.56 Å². The average Bonchev–Trinajstić information content (AvgIpc) is 3.15. The summed E-state index contributed by atoms with van der Waals surface area (Å²) in [6.45, 7) is 4.52. The highest BCUT2D eigenvalue weighted by atomic mass is 16.5. The zero-order valence-electron chi connectivity index (χ0n) is 20.1. The van der Waals surface area contributed by atoms with Crippen LogP contribution in [-0.4, -0.2) is 37.5 Å². The molecule has 1 aromatic carbocycles. The lowest BCUT2D eigenvalue weighted by Gasteiger charge is -2.28. The maximum absolute atomic E-state index is 13.0. The van der Waals surface area contributed by atoms with Crippen molar-refractivity contribution in [3.05, 3.63) is 39.8 Å². The molecule has 0 unspecified atom stereocenters. The number of ether oxygens (including phenoxy) is 1. The lowest BCUT2D eigenvalue weighted by atomic mass is 9.77. The highest BCUT2D eigenvalue weighted by Gasteiger charge is 2.25. The van der Waals surface area contributed by atoms with Crippen LogP contribution in [0.4, 0.5) is 0 Å². The SMILES string of the molecule is CCCc1nn(C)c2c(=O)[nH]c(-c3cc(C4CCC(CC(=O)NO)CC4)ccc3OCC)nc12. The number of amides is 1. The summed E-state index contributed by atoms with van der Waals surface area (Å²) in [5.41, 5.74) is 5.40. The van der Waals surface area contributed by atoms with E-state index in [0.29, 0.717) is 41.6 Å². The lowest BCUT2D eigenvalue weighted by Crippen LogP contribution is -2.24. The molecular formula is C25H33N5O4. The van der Waals surface area contributed by atoms with Gasteiger partial charge in [-0.15, -0.1) is 0 Å². The van der Waals surface area contributed by atoms with Crippen LogP contribution in [0, 0.1) is 5.92 Å². The van der Waals surface area contributed by atoms with Crippen LogP contribution in [0.15, 0.2) is 23.0 Å². The zero-order valence-corrected chi connectivity index (χ0v) is 20.1. The first-order valence-corrected chi connectivity index (χ1v) is 12.1. The van der Waals surface area contributed by atoms with Crippen LogP contribution in [0.3, 0.4) is 0 Å². The molecule has 1 fully saturated rings. The van der Waals surface area contributed by atoms with Crippen molar-refractivity contribution in [2.24, 2.45) is 13.0 Å². The van der Waals surface area contributed by atoms with Gasteiger partial charge in [0.15, 0.2) is 5.52 Å². The molecule has 9 nitrogen and oxygen atoms in total. The molecule has 0 radical (unpaired) electrons. The molecule has 0 bridgehead atoms. The summed E-state index contributed by atoms with van der Waals surface area (Å²) < 4.78 is 7.49. The fraction of sp³-hybridized carbons (Fsp3) is 0.520. The van der Waals surface area contributed by atoms with Gasteiger partial charge < -0.3 is 9.72 Å². The Kier molecular flexibility index (Phi) is 7.31. The zero-order chi connectivity index (χ0) is 24.2. The van der Waals surface area contributed by atoms with Crippen molar-refractivity contribution >= 4 is 16.9 Å². The molecule has 1 aliphatic rings. The Morgan fingerprint density at radius 2 is 2.03 bits per heavy atom. The number of carbonyl (C=O) groups excluding carboxylic acids is 1. The second-order valence-electron chi connectivity index (χ2n) is 9.08. The molecule has 4 rings (SSSR count). The van der Waals surface area contributed by atoms with Crippen molar-refractivity contribution in [1.29, 1.82) is 0 Å². The van der Waals surface area contributed by atoms with Gasteiger partial charge in [-0.25, -0.2) is 10.5 Å². The summed E-state index contributed by atoms with van der Waals surface area (Å²) in [7, 11) is 1.77. The van der Waals surface area contributed by atoms with Gasteiger partial charge in [0.05, 0.1) is 17.9 Å². The van der Waals surface area contributed by atoms with Crippen molar-refractivity contribution in [3.8, 4) is 17.1 Å². The number of hydroxylamine groups is 1. The molecule has 2 aromatic heterocycles. The van der Waals surface area contributed by atoms with E-state index in [2.05, 4.69) is 29.1 Å². The standard InChI is InChI=1S/C25H33N5O4/c1-4-6-19-22-23(30(3)28-19)25(32)27-24(26-22)18-14-17(11-12-20(18)34-5-2)16-9-7-15(8-10-16)13-21(31)29-33/h11-12,14-16,33H,4-10,13H2,1-3H3,(H,29,31)(H,26,27,32). The van der Waals surface area contributed by atoms with E-state index in [1.54, 1.807) is 17.2 Å². The Morgan fingerprint density at radius 3 is 2.71 bits per heavy atom. The van der Waals surface area contributed by atoms with Crippen LogP contribution in [0.25, 0.3) is 22.4 Å². The van der Waals surface area contributed by atoms with Gasteiger partial charge in [-0.2, -0.15) is 5.10 Å². The van der Waals surface area contributed by atoms with Crippen molar-refractivity contribution in [2.45, 2.75) is 64.7 Å². The van der Waals surface area contributed by atoms with Gasteiger partial charge in [-0.3, -0.25) is 19.5 Å². The molecule has 2 heterocycles. The summed E-state index contributed by atoms with van der Waals surface area (Å²) in [6, 6.07) is 6.12. The monoisotopic (exact) mass is 467 g/mol. The highest BCUT2D eigenvalue weighted by molar-refractivity contribution is 5.80. The minimum atomic E-state index is -0.324. The van der Waals surface area contributed by atoms with Crippen molar-refractivity contribution in [1.82, 2.24) is 25.2 Å². The fourth-order valence-corrected chi connectivity index (χ4v) is 5.06. The van der Waals surface area contributed by atoms with Gasteiger partial charge in [0.2, 0.25) is 5.91 Å². The van der Waals surface area contributed by atoms with E-state index < -0.39 is 0 Å². The van der Waals surface area contributed by atoms with Crippen LogP contribution < -0.4 is 15.8 Å². The minimum absolute atomic E-state index is 0.215. The van der Waals surface area contributed by atoms with Crippen LogP contribution in [-0.2, 0) is 18.3 Å². The van der Waals surface area contributed by atoms with Crippen molar-refractivity contribution in [2.75, 3.05) is 6.61 Å². The van der Waals surface area contributed by atoms with Gasteiger partial charge in [0, 0.05) is 13.5 Å². The number of rotatable bonds is 8. The van der Waals surface area contributed by atoms with E-state index in [1.807, 2.05) is 13.0 Å². The molecule has 1 amide bonds. The van der Waals surface area contributed by atoms with Crippen LogP contribution in [0.5, 0.6) is 5.75 Å². The van der Waals surface area contributed by atoms with Gasteiger partial charge in [-0.05, 0) is 68.6 Å². The summed E-state index contributed by atoms with van der Waals surface area (Å²) >= 11 is 0. The first kappa shape index (κ1) is 23.9. The normalized spacial score (nSPS) is 18.2. The summed E-state index contributed by atoms with van der Waals surface area (Å²) in [5.74, 6) is 1.49. The summed E-state index contributed by atoms with van der Waals surface area (Å²) in [6.07, 6.45) is 5.80. The molecule has 9 heteroatoms. The number of H-pyrrole nitrogens is 1. The van der Waals surface area contributed by atoms with Crippen LogP contribution >= 0.6 is 0 Å². The number of hydrogen-bond donors (Lipinski definition) is 3. The minimum Gasteiger partial charge on any atom is -0.493 e. The van der Waals surface area contributed by atoms with E-state index in [0.717, 1.165) is 49.8 Å². The third-order valence-corrected chi connectivity index (χ3v) is 6.72. The maximum Gasteiger partial charge on any atom is 0.277 e. The van der Waals surface area contributed by atoms with Crippen molar-refractivity contribution in [3.63, 3.8) is 0 Å². The predicted octanol–water partition coefficient (Wildman–Crippen LogP) is 3.84. The number of benzene rings is 1. The molecule has 182 valence electrons. The number of aromatic amines is 1. The van der Waals surface area contributed by atoms with E-state index >= 15 is 0 Å². The molecule has 3 aromatic rings. The summed E-state index contributed by atoms with van der Waals surface area (Å²) in [4.78, 5) is 32.3. The molecular weight excluding hydrogens is 434 g/mol. The molecule has 0 atom stereocenters. The molecule has 0 saturated heterocycles. The molecule has 0 spiro atoms. The smallest absolute Gasteiger partial charge is 0.277 e. The second kappa shape index (κ2) is 10.4. The highest BCUT2D eigenvalue weighted by Crippen LogP contribution is 2.40. The van der Waals surface area contributed by atoms with Crippen LogP contribution in [0.2, 0.25) is 0 Å². The molecule has 3 N–H and O–H groups in total.